The highest BCUT2D eigenvalue weighted by atomic mass is 35.5. The van der Waals surface area contributed by atoms with Gasteiger partial charge in [-0.15, -0.1) is 0 Å². The smallest absolute Gasteiger partial charge is 0.229 e. The number of benzene rings is 3. The minimum Gasteiger partial charge on any atom is -0.489 e. The van der Waals surface area contributed by atoms with Gasteiger partial charge in [-0.3, -0.25) is 9.69 Å². The van der Waals surface area contributed by atoms with Gasteiger partial charge in [0.05, 0.1) is 29.2 Å². The Balaban J connectivity index is 1.33. The molecule has 5 rings (SSSR count). The van der Waals surface area contributed by atoms with Gasteiger partial charge in [-0.05, 0) is 48.0 Å². The van der Waals surface area contributed by atoms with Crippen LogP contribution in [0, 0.1) is 11.3 Å². The number of thioether (sulfide) groups is 1. The maximum Gasteiger partial charge on any atom is 0.229 e. The van der Waals surface area contributed by atoms with Crippen LogP contribution in [0.3, 0.4) is 0 Å². The topological polar surface area (TPSA) is 56.6 Å². The molecule has 0 aromatic heterocycles. The van der Waals surface area contributed by atoms with Gasteiger partial charge in [0.1, 0.15) is 12.4 Å². The van der Waals surface area contributed by atoms with E-state index in [2.05, 4.69) is 11.0 Å². The molecule has 35 heavy (non-hydrogen) atoms. The first-order valence-corrected chi connectivity index (χ1v) is 12.8. The number of anilines is 1. The molecule has 0 radical (unpaired) electrons. The molecule has 1 amide bonds. The van der Waals surface area contributed by atoms with Crippen LogP contribution in [0.4, 0.5) is 5.69 Å². The maximum absolute atomic E-state index is 13.1. The van der Waals surface area contributed by atoms with Crippen molar-refractivity contribution in [1.29, 1.82) is 5.26 Å². The van der Waals surface area contributed by atoms with Gasteiger partial charge in [0.25, 0.3) is 0 Å². The molecule has 1 fully saturated rings. The molecule has 0 unspecified atom stereocenters. The van der Waals surface area contributed by atoms with Crippen molar-refractivity contribution in [2.45, 2.75) is 18.9 Å². The van der Waals surface area contributed by atoms with E-state index < -0.39 is 0 Å². The number of hydrogen-bond donors (Lipinski definition) is 0. The second-order valence-electron chi connectivity index (χ2n) is 8.29. The molecule has 0 spiro atoms. The number of carbonyl (C=O) groups is 1. The summed E-state index contributed by atoms with van der Waals surface area (Å²) in [5.74, 6) is 1.09. The Morgan fingerprint density at radius 2 is 1.77 bits per heavy atom. The number of nitrogens with zero attached hydrogens (tertiary/aromatic N) is 3. The number of fused-ring (bicyclic) bond motifs is 1. The SMILES string of the molecule is N#CC1=C2SCN(c3ccc(Cl)cc3)CN2C(=O)C[C@@H]1c1ccc(OCc2ccccc2Cl)cc1. The van der Waals surface area contributed by atoms with E-state index in [-0.39, 0.29) is 18.2 Å². The summed E-state index contributed by atoms with van der Waals surface area (Å²) in [4.78, 5) is 17.0. The van der Waals surface area contributed by atoms with Gasteiger partial charge in [-0.1, -0.05) is 65.3 Å². The predicted octanol–water partition coefficient (Wildman–Crippen LogP) is 6.79. The van der Waals surface area contributed by atoms with Crippen molar-refractivity contribution in [2.75, 3.05) is 17.4 Å². The highest BCUT2D eigenvalue weighted by Gasteiger charge is 2.38. The molecule has 2 aliphatic heterocycles. The molecule has 176 valence electrons. The van der Waals surface area contributed by atoms with Crippen molar-refractivity contribution in [3.8, 4) is 11.8 Å². The van der Waals surface area contributed by atoms with Gasteiger partial charge < -0.3 is 9.64 Å². The van der Waals surface area contributed by atoms with E-state index in [1.165, 1.54) is 11.8 Å². The number of nitriles is 1. The quantitative estimate of drug-likeness (QED) is 0.369. The summed E-state index contributed by atoms with van der Waals surface area (Å²) >= 11 is 13.7. The Morgan fingerprint density at radius 1 is 1.03 bits per heavy atom. The Labute approximate surface area is 218 Å². The summed E-state index contributed by atoms with van der Waals surface area (Å²) in [7, 11) is 0. The standard InChI is InChI=1S/C27H21Cl2N3O2S/c28-20-7-9-21(10-8-20)31-16-32-26(33)13-23(24(14-30)27(32)35-17-31)18-5-11-22(12-6-18)34-15-19-3-1-2-4-25(19)29/h1-12,23H,13,15-17H2/t23-/m1/s1. The summed E-state index contributed by atoms with van der Waals surface area (Å²) in [5.41, 5.74) is 3.46. The Morgan fingerprint density at radius 3 is 2.49 bits per heavy atom. The summed E-state index contributed by atoms with van der Waals surface area (Å²) < 4.78 is 5.88. The van der Waals surface area contributed by atoms with Crippen LogP contribution in [0.1, 0.15) is 23.5 Å². The van der Waals surface area contributed by atoms with Crippen molar-refractivity contribution in [3.63, 3.8) is 0 Å². The van der Waals surface area contributed by atoms with Crippen LogP contribution in [0.2, 0.25) is 10.0 Å². The van der Waals surface area contributed by atoms with Gasteiger partial charge in [0, 0.05) is 33.6 Å². The van der Waals surface area contributed by atoms with Crippen molar-refractivity contribution in [3.05, 3.63) is 105 Å². The summed E-state index contributed by atoms with van der Waals surface area (Å²) in [6.07, 6.45) is 0.251. The lowest BCUT2D eigenvalue weighted by atomic mass is 9.86. The average Bonchev–Trinajstić information content (AvgIpc) is 2.89. The number of allylic oxidation sites excluding steroid dienone is 1. The monoisotopic (exact) mass is 521 g/mol. The second-order valence-corrected chi connectivity index (χ2v) is 10.1. The van der Waals surface area contributed by atoms with E-state index in [9.17, 15) is 10.1 Å². The van der Waals surface area contributed by atoms with E-state index in [4.69, 9.17) is 27.9 Å². The largest absolute Gasteiger partial charge is 0.489 e. The average molecular weight is 522 g/mol. The van der Waals surface area contributed by atoms with Crippen LogP contribution >= 0.6 is 35.0 Å². The molecule has 0 aliphatic carbocycles. The minimum atomic E-state index is -0.272. The zero-order valence-electron chi connectivity index (χ0n) is 18.7. The lowest BCUT2D eigenvalue weighted by molar-refractivity contribution is -0.129. The van der Waals surface area contributed by atoms with Crippen LogP contribution in [0.15, 0.2) is 83.4 Å². The Bertz CT molecular complexity index is 1320. The first-order chi connectivity index (χ1) is 17.0. The van der Waals surface area contributed by atoms with Crippen molar-refractivity contribution in [1.82, 2.24) is 4.90 Å². The molecule has 2 aliphatic rings. The third-order valence-corrected chi connectivity index (χ3v) is 7.90. The normalized spacial score (nSPS) is 17.7. The van der Waals surface area contributed by atoms with Crippen LogP contribution in [-0.4, -0.2) is 23.4 Å². The third-order valence-electron chi connectivity index (χ3n) is 6.12. The van der Waals surface area contributed by atoms with Gasteiger partial charge in [-0.2, -0.15) is 5.26 Å². The van der Waals surface area contributed by atoms with E-state index >= 15 is 0 Å². The zero-order valence-corrected chi connectivity index (χ0v) is 21.0. The number of rotatable bonds is 5. The van der Waals surface area contributed by atoms with Crippen molar-refractivity contribution >= 4 is 46.6 Å². The second kappa shape index (κ2) is 10.2. The number of ether oxygens (including phenoxy) is 1. The molecule has 3 aromatic carbocycles. The fraction of sp³-hybridized carbons (Fsp3) is 0.185. The summed E-state index contributed by atoms with van der Waals surface area (Å²) in [6, 6.07) is 25.1. The van der Waals surface area contributed by atoms with E-state index in [0.717, 1.165) is 21.8 Å². The zero-order chi connectivity index (χ0) is 24.4. The van der Waals surface area contributed by atoms with Crippen LogP contribution < -0.4 is 9.64 Å². The number of carbonyl (C=O) groups excluding carboxylic acids is 1. The van der Waals surface area contributed by atoms with Crippen LogP contribution in [0.5, 0.6) is 5.75 Å². The first kappa shape index (κ1) is 23.6. The fourth-order valence-electron chi connectivity index (χ4n) is 4.24. The number of hydrogen-bond acceptors (Lipinski definition) is 5. The summed E-state index contributed by atoms with van der Waals surface area (Å²) in [5, 5.41) is 12.1. The van der Waals surface area contributed by atoms with E-state index in [0.29, 0.717) is 40.5 Å². The third kappa shape index (κ3) is 4.99. The van der Waals surface area contributed by atoms with Crippen molar-refractivity contribution < 1.29 is 9.53 Å². The maximum atomic E-state index is 13.1. The molecule has 1 atom stereocenters. The molecular formula is C27H21Cl2N3O2S. The number of halogens is 2. The molecule has 0 saturated carbocycles. The lowest BCUT2D eigenvalue weighted by Gasteiger charge is -2.42. The van der Waals surface area contributed by atoms with Gasteiger partial charge >= 0.3 is 0 Å². The first-order valence-electron chi connectivity index (χ1n) is 11.1. The highest BCUT2D eigenvalue weighted by molar-refractivity contribution is 8.03. The molecule has 8 heteroatoms. The molecule has 3 aromatic rings. The molecule has 0 N–H and O–H groups in total. The Hall–Kier alpha value is -3.11. The van der Waals surface area contributed by atoms with Gasteiger partial charge in [-0.25, -0.2) is 0 Å². The van der Waals surface area contributed by atoms with E-state index in [1.54, 1.807) is 4.90 Å². The molecule has 5 nitrogen and oxygen atoms in total. The molecule has 0 bridgehead atoms. The predicted molar refractivity (Wildman–Crippen MR) is 140 cm³/mol. The Kier molecular flexibility index (Phi) is 6.92. The number of amides is 1. The van der Waals surface area contributed by atoms with E-state index in [1.807, 2.05) is 72.8 Å². The van der Waals surface area contributed by atoms with Gasteiger partial charge in [0.15, 0.2) is 0 Å². The molecule has 2 heterocycles. The molecule has 1 saturated heterocycles. The van der Waals surface area contributed by atoms with Gasteiger partial charge in [0.2, 0.25) is 5.91 Å². The van der Waals surface area contributed by atoms with Crippen LogP contribution in [0.25, 0.3) is 0 Å². The highest BCUT2D eigenvalue weighted by Crippen LogP contribution is 2.43. The molecular weight excluding hydrogens is 501 g/mol. The van der Waals surface area contributed by atoms with Crippen molar-refractivity contribution in [2.24, 2.45) is 0 Å². The minimum absolute atomic E-state index is 0.00853. The fourth-order valence-corrected chi connectivity index (χ4v) is 5.72. The van der Waals surface area contributed by atoms with Crippen LogP contribution in [-0.2, 0) is 11.4 Å². The summed E-state index contributed by atoms with van der Waals surface area (Å²) in [6.45, 7) is 0.777. The lowest BCUT2D eigenvalue weighted by Crippen LogP contribution is -2.47.